The summed E-state index contributed by atoms with van der Waals surface area (Å²) in [7, 11) is 0. The van der Waals surface area contributed by atoms with Gasteiger partial charge in [0.1, 0.15) is 0 Å². The number of hydrogen-bond donors (Lipinski definition) is 1. The van der Waals surface area contributed by atoms with Crippen molar-refractivity contribution < 1.29 is 9.90 Å². The van der Waals surface area contributed by atoms with Crippen molar-refractivity contribution in [2.24, 2.45) is 5.41 Å². The van der Waals surface area contributed by atoms with Crippen molar-refractivity contribution in [1.29, 1.82) is 0 Å². The predicted molar refractivity (Wildman–Crippen MR) is 65.5 cm³/mol. The summed E-state index contributed by atoms with van der Waals surface area (Å²) < 4.78 is 0. The average Bonchev–Trinajstić information content (AvgIpc) is 2.53. The third kappa shape index (κ3) is 2.97. The van der Waals surface area contributed by atoms with E-state index < -0.39 is 5.97 Å². The van der Waals surface area contributed by atoms with Crippen LogP contribution in [-0.2, 0) is 4.79 Å². The molecule has 94 valence electrons. The molecule has 1 rings (SSSR count). The smallest absolute Gasteiger partial charge is 0.317 e. The maximum atomic E-state index is 11.0. The first kappa shape index (κ1) is 13.5. The lowest BCUT2D eigenvalue weighted by atomic mass is 9.85. The van der Waals surface area contributed by atoms with Gasteiger partial charge < -0.3 is 5.11 Å². The van der Waals surface area contributed by atoms with Gasteiger partial charge in [0.2, 0.25) is 0 Å². The molecule has 1 aliphatic carbocycles. The van der Waals surface area contributed by atoms with Crippen LogP contribution in [0.4, 0.5) is 0 Å². The number of aliphatic carboxylic acids is 1. The zero-order valence-electron chi connectivity index (χ0n) is 11.0. The number of rotatable bonds is 5. The van der Waals surface area contributed by atoms with E-state index in [0.29, 0.717) is 12.1 Å². The summed E-state index contributed by atoms with van der Waals surface area (Å²) in [5.74, 6) is -0.706. The van der Waals surface area contributed by atoms with Crippen LogP contribution < -0.4 is 0 Å². The maximum Gasteiger partial charge on any atom is 0.317 e. The van der Waals surface area contributed by atoms with Crippen molar-refractivity contribution in [3.05, 3.63) is 0 Å². The summed E-state index contributed by atoms with van der Waals surface area (Å²) in [6, 6.07) is 0.789. The first-order valence-electron chi connectivity index (χ1n) is 6.36. The minimum absolute atomic E-state index is 0.184. The summed E-state index contributed by atoms with van der Waals surface area (Å²) in [5, 5.41) is 9.02. The molecule has 1 aliphatic rings. The van der Waals surface area contributed by atoms with Gasteiger partial charge in [-0.1, -0.05) is 27.2 Å². The van der Waals surface area contributed by atoms with Crippen LogP contribution in [0.25, 0.3) is 0 Å². The normalized spacial score (nSPS) is 25.9. The van der Waals surface area contributed by atoms with E-state index in [0.717, 1.165) is 12.8 Å². The molecule has 0 aromatic rings. The number of nitrogens with zero attached hydrogens (tertiary/aromatic N) is 1. The van der Waals surface area contributed by atoms with Crippen molar-refractivity contribution in [1.82, 2.24) is 4.90 Å². The standard InChI is InChI=1S/C13H25NO2/c1-5-10(2)14(9-12(15)16)11-7-6-8-13(11,3)4/h10-11H,5-9H2,1-4H3,(H,15,16). The van der Waals surface area contributed by atoms with E-state index in [1.165, 1.54) is 12.8 Å². The Morgan fingerprint density at radius 2 is 2.19 bits per heavy atom. The van der Waals surface area contributed by atoms with Crippen LogP contribution >= 0.6 is 0 Å². The number of carboxylic acids is 1. The lowest BCUT2D eigenvalue weighted by molar-refractivity contribution is -0.140. The number of hydrogen-bond acceptors (Lipinski definition) is 2. The van der Waals surface area contributed by atoms with E-state index in [2.05, 4.69) is 32.6 Å². The lowest BCUT2D eigenvalue weighted by Gasteiger charge is -2.40. The Balaban J connectivity index is 2.79. The van der Waals surface area contributed by atoms with Gasteiger partial charge in [0.15, 0.2) is 0 Å². The van der Waals surface area contributed by atoms with Crippen LogP contribution in [-0.4, -0.2) is 34.6 Å². The first-order valence-corrected chi connectivity index (χ1v) is 6.36. The molecule has 16 heavy (non-hydrogen) atoms. The summed E-state index contributed by atoms with van der Waals surface area (Å²) in [6.07, 6.45) is 4.60. The Morgan fingerprint density at radius 1 is 1.56 bits per heavy atom. The fourth-order valence-electron chi connectivity index (χ4n) is 2.89. The Hall–Kier alpha value is -0.570. The molecule has 0 aromatic carbocycles. The molecular weight excluding hydrogens is 202 g/mol. The van der Waals surface area contributed by atoms with Gasteiger partial charge in [0, 0.05) is 12.1 Å². The summed E-state index contributed by atoms with van der Waals surface area (Å²) >= 11 is 0. The molecular formula is C13H25NO2. The van der Waals surface area contributed by atoms with Gasteiger partial charge in [-0.05, 0) is 31.6 Å². The highest BCUT2D eigenvalue weighted by Gasteiger charge is 2.40. The third-order valence-corrected chi connectivity index (χ3v) is 4.08. The zero-order chi connectivity index (χ0) is 12.3. The molecule has 0 heterocycles. The second-order valence-corrected chi connectivity index (χ2v) is 5.72. The largest absolute Gasteiger partial charge is 0.480 e. The molecule has 2 unspecified atom stereocenters. The molecule has 1 N–H and O–H groups in total. The molecule has 1 saturated carbocycles. The highest BCUT2D eigenvalue weighted by atomic mass is 16.4. The van der Waals surface area contributed by atoms with Crippen LogP contribution in [0, 0.1) is 5.41 Å². The van der Waals surface area contributed by atoms with Crippen molar-refractivity contribution in [2.75, 3.05) is 6.54 Å². The van der Waals surface area contributed by atoms with Crippen LogP contribution in [0.3, 0.4) is 0 Å². The van der Waals surface area contributed by atoms with E-state index in [1.54, 1.807) is 0 Å². The van der Waals surface area contributed by atoms with Crippen molar-refractivity contribution in [3.8, 4) is 0 Å². The average molecular weight is 227 g/mol. The first-order chi connectivity index (χ1) is 7.38. The van der Waals surface area contributed by atoms with Gasteiger partial charge in [0.25, 0.3) is 0 Å². The fraction of sp³-hybridized carbons (Fsp3) is 0.923. The van der Waals surface area contributed by atoms with Gasteiger partial charge in [-0.15, -0.1) is 0 Å². The Kier molecular flexibility index (Phi) is 4.36. The van der Waals surface area contributed by atoms with Crippen molar-refractivity contribution in [2.45, 2.75) is 65.5 Å². The molecule has 0 radical (unpaired) electrons. The molecule has 0 saturated heterocycles. The molecule has 1 fully saturated rings. The Bertz CT molecular complexity index is 250. The monoisotopic (exact) mass is 227 g/mol. The summed E-state index contributed by atoms with van der Waals surface area (Å²) in [5.41, 5.74) is 0.263. The van der Waals surface area contributed by atoms with Crippen molar-refractivity contribution >= 4 is 5.97 Å². The summed E-state index contributed by atoms with van der Waals surface area (Å²) in [4.78, 5) is 13.1. The van der Waals surface area contributed by atoms with Gasteiger partial charge in [-0.3, -0.25) is 9.69 Å². The fourth-order valence-corrected chi connectivity index (χ4v) is 2.89. The van der Waals surface area contributed by atoms with Crippen LogP contribution in [0.1, 0.15) is 53.4 Å². The molecule has 2 atom stereocenters. The molecule has 3 nitrogen and oxygen atoms in total. The second kappa shape index (κ2) is 5.17. The van der Waals surface area contributed by atoms with E-state index >= 15 is 0 Å². The minimum atomic E-state index is -0.706. The van der Waals surface area contributed by atoms with Gasteiger partial charge in [0.05, 0.1) is 6.54 Å². The molecule has 0 aromatic heterocycles. The lowest BCUT2D eigenvalue weighted by Crippen LogP contribution is -2.48. The third-order valence-electron chi connectivity index (χ3n) is 4.08. The van der Waals surface area contributed by atoms with Crippen LogP contribution in [0.15, 0.2) is 0 Å². The predicted octanol–water partition coefficient (Wildman–Crippen LogP) is 2.75. The van der Waals surface area contributed by atoms with Gasteiger partial charge in [-0.2, -0.15) is 0 Å². The van der Waals surface area contributed by atoms with E-state index in [-0.39, 0.29) is 12.0 Å². The molecule has 0 aliphatic heterocycles. The summed E-state index contributed by atoms with van der Waals surface area (Å²) in [6.45, 7) is 8.98. The Labute approximate surface area is 98.8 Å². The highest BCUT2D eigenvalue weighted by Crippen LogP contribution is 2.41. The second-order valence-electron chi connectivity index (χ2n) is 5.72. The molecule has 0 amide bonds. The zero-order valence-corrected chi connectivity index (χ0v) is 11.0. The van der Waals surface area contributed by atoms with Gasteiger partial charge >= 0.3 is 5.97 Å². The van der Waals surface area contributed by atoms with Gasteiger partial charge in [-0.25, -0.2) is 0 Å². The molecule has 0 bridgehead atoms. The van der Waals surface area contributed by atoms with Crippen molar-refractivity contribution in [3.63, 3.8) is 0 Å². The van der Waals surface area contributed by atoms with E-state index in [1.807, 2.05) is 0 Å². The minimum Gasteiger partial charge on any atom is -0.480 e. The number of carboxylic acid groups (broad SMARTS) is 1. The van der Waals surface area contributed by atoms with E-state index in [4.69, 9.17) is 5.11 Å². The topological polar surface area (TPSA) is 40.5 Å². The quantitative estimate of drug-likeness (QED) is 0.785. The van der Waals surface area contributed by atoms with E-state index in [9.17, 15) is 4.79 Å². The Morgan fingerprint density at radius 3 is 2.56 bits per heavy atom. The highest BCUT2D eigenvalue weighted by molar-refractivity contribution is 5.69. The van der Waals surface area contributed by atoms with Crippen LogP contribution in [0.5, 0.6) is 0 Å². The number of carbonyl (C=O) groups is 1. The van der Waals surface area contributed by atoms with Crippen LogP contribution in [0.2, 0.25) is 0 Å². The maximum absolute atomic E-state index is 11.0. The SMILES string of the molecule is CCC(C)N(CC(=O)O)C1CCCC1(C)C. The molecule has 0 spiro atoms. The molecule has 3 heteroatoms.